The van der Waals surface area contributed by atoms with Gasteiger partial charge in [0.25, 0.3) is 0 Å². The van der Waals surface area contributed by atoms with Crippen molar-refractivity contribution in [2.45, 2.75) is 53.9 Å². The van der Waals surface area contributed by atoms with Gasteiger partial charge < -0.3 is 5.32 Å². The van der Waals surface area contributed by atoms with E-state index in [1.165, 1.54) is 0 Å². The van der Waals surface area contributed by atoms with Crippen molar-refractivity contribution in [2.24, 2.45) is 16.7 Å². The number of nitrogens with zero attached hydrogens (tertiary/aromatic N) is 2. The summed E-state index contributed by atoms with van der Waals surface area (Å²) < 4.78 is 0.842. The molecule has 0 aliphatic heterocycles. The van der Waals surface area contributed by atoms with Crippen molar-refractivity contribution < 1.29 is 0 Å². The number of anilines is 1. The molecule has 1 N–H and O–H groups in total. The molecule has 1 aromatic heterocycles. The highest BCUT2D eigenvalue weighted by atomic mass is 79.9. The molecule has 0 bridgehead atoms. The van der Waals surface area contributed by atoms with Gasteiger partial charge in [-0.1, -0.05) is 48.5 Å². The van der Waals surface area contributed by atoms with Crippen LogP contribution in [0.1, 0.15) is 54.3 Å². The lowest BCUT2D eigenvalue weighted by Crippen LogP contribution is -2.18. The second-order valence-electron chi connectivity index (χ2n) is 8.03. The van der Waals surface area contributed by atoms with Gasteiger partial charge in [0.1, 0.15) is 16.2 Å². The Morgan fingerprint density at radius 2 is 1.70 bits per heavy atom. The smallest absolute Gasteiger partial charge is 0.137 e. The van der Waals surface area contributed by atoms with Crippen molar-refractivity contribution >= 4 is 21.7 Å². The van der Waals surface area contributed by atoms with Gasteiger partial charge >= 0.3 is 0 Å². The summed E-state index contributed by atoms with van der Waals surface area (Å²) in [6, 6.07) is 1.96. The van der Waals surface area contributed by atoms with E-state index >= 15 is 0 Å². The van der Waals surface area contributed by atoms with E-state index in [1.54, 1.807) is 0 Å². The Labute approximate surface area is 131 Å². The second-order valence-corrected chi connectivity index (χ2v) is 8.84. The van der Waals surface area contributed by atoms with E-state index in [-0.39, 0.29) is 5.41 Å². The van der Waals surface area contributed by atoms with Crippen LogP contribution in [-0.2, 0) is 5.41 Å². The maximum absolute atomic E-state index is 4.65. The molecule has 0 saturated heterocycles. The standard InChI is InChI=1S/C16H26BrN3/c1-14(2,3)13-19-11(17)8-12(20-13)18-9-10-15(4,5)16(10,6)7/h8,10H,9H2,1-7H3,(H,18,19,20). The lowest BCUT2D eigenvalue weighted by Gasteiger charge is -2.18. The number of aromatic nitrogens is 2. The van der Waals surface area contributed by atoms with Gasteiger partial charge in [0.15, 0.2) is 0 Å². The Bertz CT molecular complexity index is 501. The third kappa shape index (κ3) is 2.72. The van der Waals surface area contributed by atoms with Crippen LogP contribution in [0.15, 0.2) is 10.7 Å². The molecular weight excluding hydrogens is 314 g/mol. The third-order valence-electron chi connectivity index (χ3n) is 5.17. The molecule has 1 aromatic rings. The third-order valence-corrected chi connectivity index (χ3v) is 5.58. The average molecular weight is 340 g/mol. The Morgan fingerprint density at radius 1 is 1.15 bits per heavy atom. The van der Waals surface area contributed by atoms with E-state index in [0.717, 1.165) is 22.8 Å². The molecule has 1 heterocycles. The minimum absolute atomic E-state index is 0.0433. The number of hydrogen-bond acceptors (Lipinski definition) is 3. The molecule has 4 heteroatoms. The van der Waals surface area contributed by atoms with Crippen LogP contribution >= 0.6 is 15.9 Å². The van der Waals surface area contributed by atoms with E-state index in [0.29, 0.717) is 16.7 Å². The molecule has 0 radical (unpaired) electrons. The largest absolute Gasteiger partial charge is 0.370 e. The number of rotatable bonds is 3. The van der Waals surface area contributed by atoms with Crippen LogP contribution in [0.3, 0.4) is 0 Å². The Kier molecular flexibility index (Phi) is 3.69. The predicted molar refractivity (Wildman–Crippen MR) is 88.0 cm³/mol. The molecule has 1 fully saturated rings. The highest BCUT2D eigenvalue weighted by Crippen LogP contribution is 2.68. The zero-order chi connectivity index (χ0) is 15.3. The Hall–Kier alpha value is -0.640. The van der Waals surface area contributed by atoms with Crippen molar-refractivity contribution in [1.82, 2.24) is 9.97 Å². The molecule has 3 nitrogen and oxygen atoms in total. The van der Waals surface area contributed by atoms with Crippen LogP contribution < -0.4 is 5.32 Å². The summed E-state index contributed by atoms with van der Waals surface area (Å²) in [5.74, 6) is 2.46. The van der Waals surface area contributed by atoms with E-state index < -0.39 is 0 Å². The first kappa shape index (κ1) is 15.7. The van der Waals surface area contributed by atoms with E-state index in [1.807, 2.05) is 6.07 Å². The molecule has 0 amide bonds. The fourth-order valence-corrected chi connectivity index (χ4v) is 3.28. The normalized spacial score (nSPS) is 20.8. The first-order chi connectivity index (χ1) is 8.96. The van der Waals surface area contributed by atoms with Gasteiger partial charge in [-0.3, -0.25) is 0 Å². The number of nitrogens with one attached hydrogen (secondary N) is 1. The molecule has 112 valence electrons. The van der Waals surface area contributed by atoms with Gasteiger partial charge in [0, 0.05) is 18.0 Å². The van der Waals surface area contributed by atoms with E-state index in [2.05, 4.69) is 79.7 Å². The topological polar surface area (TPSA) is 37.8 Å². The number of hydrogen-bond donors (Lipinski definition) is 1. The number of halogens is 1. The van der Waals surface area contributed by atoms with Crippen molar-refractivity contribution in [3.8, 4) is 0 Å². The van der Waals surface area contributed by atoms with Crippen LogP contribution in [0, 0.1) is 16.7 Å². The van der Waals surface area contributed by atoms with Crippen LogP contribution in [0.25, 0.3) is 0 Å². The van der Waals surface area contributed by atoms with Crippen molar-refractivity contribution in [3.63, 3.8) is 0 Å². The summed E-state index contributed by atoms with van der Waals surface area (Å²) in [5, 5.41) is 3.49. The fourth-order valence-electron chi connectivity index (χ4n) is 2.89. The van der Waals surface area contributed by atoms with Crippen molar-refractivity contribution in [1.29, 1.82) is 0 Å². The molecule has 1 aliphatic rings. The minimum atomic E-state index is -0.0433. The van der Waals surface area contributed by atoms with Gasteiger partial charge in [-0.15, -0.1) is 0 Å². The Morgan fingerprint density at radius 3 is 2.15 bits per heavy atom. The van der Waals surface area contributed by atoms with Crippen molar-refractivity contribution in [3.05, 3.63) is 16.5 Å². The van der Waals surface area contributed by atoms with Gasteiger partial charge in [-0.2, -0.15) is 0 Å². The molecule has 1 saturated carbocycles. The lowest BCUT2D eigenvalue weighted by atomic mass is 9.96. The summed E-state index contributed by atoms with van der Waals surface area (Å²) in [6.07, 6.45) is 0. The summed E-state index contributed by atoms with van der Waals surface area (Å²) in [4.78, 5) is 9.12. The molecule has 0 atom stereocenters. The second kappa shape index (κ2) is 4.69. The zero-order valence-corrected chi connectivity index (χ0v) is 15.2. The van der Waals surface area contributed by atoms with Gasteiger partial charge in [-0.25, -0.2) is 9.97 Å². The van der Waals surface area contributed by atoms with Gasteiger partial charge in [-0.05, 0) is 32.7 Å². The molecule has 20 heavy (non-hydrogen) atoms. The zero-order valence-electron chi connectivity index (χ0n) is 13.6. The van der Waals surface area contributed by atoms with Gasteiger partial charge in [0.2, 0.25) is 0 Å². The van der Waals surface area contributed by atoms with Crippen LogP contribution in [0.2, 0.25) is 0 Å². The summed E-state index contributed by atoms with van der Waals surface area (Å²) in [7, 11) is 0. The highest BCUT2D eigenvalue weighted by molar-refractivity contribution is 9.10. The quantitative estimate of drug-likeness (QED) is 0.815. The SMILES string of the molecule is CC(C)(C)c1nc(Br)cc(NCC2C(C)(C)C2(C)C)n1. The lowest BCUT2D eigenvalue weighted by molar-refractivity contribution is 0.457. The summed E-state index contributed by atoms with van der Waals surface area (Å²) in [5.41, 5.74) is 0.757. The van der Waals surface area contributed by atoms with Crippen LogP contribution in [0.5, 0.6) is 0 Å². The van der Waals surface area contributed by atoms with Crippen LogP contribution in [0.4, 0.5) is 5.82 Å². The summed E-state index contributed by atoms with van der Waals surface area (Å²) in [6.45, 7) is 16.7. The van der Waals surface area contributed by atoms with Gasteiger partial charge in [0.05, 0.1) is 0 Å². The molecule has 0 unspecified atom stereocenters. The molecule has 0 aromatic carbocycles. The van der Waals surface area contributed by atoms with E-state index in [9.17, 15) is 0 Å². The Balaban J connectivity index is 2.10. The molecule has 1 aliphatic carbocycles. The molecule has 2 rings (SSSR count). The fraction of sp³-hybridized carbons (Fsp3) is 0.750. The maximum Gasteiger partial charge on any atom is 0.137 e. The summed E-state index contributed by atoms with van der Waals surface area (Å²) >= 11 is 3.48. The molecule has 0 spiro atoms. The van der Waals surface area contributed by atoms with Crippen LogP contribution in [-0.4, -0.2) is 16.5 Å². The first-order valence-corrected chi connectivity index (χ1v) is 8.04. The average Bonchev–Trinajstić information content (AvgIpc) is 2.65. The first-order valence-electron chi connectivity index (χ1n) is 7.25. The predicted octanol–water partition coefficient (Wildman–Crippen LogP) is 4.63. The van der Waals surface area contributed by atoms with Crippen molar-refractivity contribution in [2.75, 3.05) is 11.9 Å². The minimum Gasteiger partial charge on any atom is -0.370 e. The maximum atomic E-state index is 4.65. The monoisotopic (exact) mass is 339 g/mol. The highest BCUT2D eigenvalue weighted by Gasteiger charge is 2.64. The molecular formula is C16H26BrN3. The van der Waals surface area contributed by atoms with E-state index in [4.69, 9.17) is 0 Å².